The first-order chi connectivity index (χ1) is 3.39. The molecule has 0 unspecified atom stereocenters. The zero-order valence-corrected chi connectivity index (χ0v) is 4.96. The third kappa shape index (κ3) is 2.26. The van der Waals surface area contributed by atoms with E-state index in [1.165, 1.54) is 0 Å². The van der Waals surface area contributed by atoms with E-state index >= 15 is 0 Å². The summed E-state index contributed by atoms with van der Waals surface area (Å²) < 4.78 is 0. The van der Waals surface area contributed by atoms with Crippen molar-refractivity contribution >= 4 is 13.3 Å². The zero-order chi connectivity index (χ0) is 5.11. The van der Waals surface area contributed by atoms with Gasteiger partial charge in [-0.15, -0.1) is 12.1 Å². The maximum atomic E-state index is 5.36. The molecule has 0 heterocycles. The van der Waals surface area contributed by atoms with Gasteiger partial charge in [0.05, 0.1) is 0 Å². The first-order valence-electron chi connectivity index (χ1n) is 2.20. The summed E-state index contributed by atoms with van der Waals surface area (Å²) in [6, 6.07) is 9.49. The zero-order valence-electron chi connectivity index (χ0n) is 4.96. The Labute approximate surface area is 62.9 Å². The number of rotatable bonds is 0. The van der Waals surface area contributed by atoms with Crippen LogP contribution in [-0.2, 0) is 0 Å². The summed E-state index contributed by atoms with van der Waals surface area (Å²) in [6.07, 6.45) is 0. The second-order valence-corrected chi connectivity index (χ2v) is 1.41. The van der Waals surface area contributed by atoms with E-state index in [1.54, 1.807) is 0 Å². The summed E-state index contributed by atoms with van der Waals surface area (Å²) >= 11 is 0. The van der Waals surface area contributed by atoms with Gasteiger partial charge in [-0.05, 0) is 0 Å². The summed E-state index contributed by atoms with van der Waals surface area (Å²) in [7, 11) is 5.36. The van der Waals surface area contributed by atoms with Crippen LogP contribution in [-0.4, -0.2) is 7.85 Å². The molecule has 0 atom stereocenters. The molecule has 0 N–H and O–H groups in total. The van der Waals surface area contributed by atoms with Crippen molar-refractivity contribution in [3.05, 3.63) is 30.3 Å². The van der Waals surface area contributed by atoms with Crippen molar-refractivity contribution < 1.29 is 18.9 Å². The molecule has 0 aliphatic heterocycles. The average molecular weight is 94.9 g/mol. The van der Waals surface area contributed by atoms with Crippen molar-refractivity contribution in [1.29, 1.82) is 0 Å². The van der Waals surface area contributed by atoms with E-state index in [1.807, 2.05) is 30.3 Å². The van der Waals surface area contributed by atoms with Gasteiger partial charge >= 0.3 is 18.9 Å². The van der Waals surface area contributed by atoms with Gasteiger partial charge in [0.1, 0.15) is 0 Å². The molecule has 0 nitrogen and oxygen atoms in total. The van der Waals surface area contributed by atoms with Gasteiger partial charge in [0, 0.05) is 0 Å². The van der Waals surface area contributed by atoms with Crippen molar-refractivity contribution in [1.82, 2.24) is 0 Å². The van der Waals surface area contributed by atoms with Gasteiger partial charge < -0.3 is 13.3 Å². The van der Waals surface area contributed by atoms with E-state index in [0.717, 1.165) is 5.46 Å². The molecule has 33 valence electrons. The molecule has 0 aliphatic carbocycles. The Hall–Kier alpha value is -0.118. The van der Waals surface area contributed by atoms with Gasteiger partial charge in [-0.25, -0.2) is 0 Å². The quantitative estimate of drug-likeness (QED) is 0.312. The van der Waals surface area contributed by atoms with Crippen LogP contribution in [0.3, 0.4) is 0 Å². The topological polar surface area (TPSA) is 0 Å². The summed E-state index contributed by atoms with van der Waals surface area (Å²) in [5, 5.41) is 0. The molecule has 0 spiro atoms. The van der Waals surface area contributed by atoms with E-state index in [0.29, 0.717) is 0 Å². The molecule has 0 aromatic heterocycles. The summed E-state index contributed by atoms with van der Waals surface area (Å²) in [6.45, 7) is 0. The van der Waals surface area contributed by atoms with Gasteiger partial charge in [0.15, 0.2) is 0 Å². The Morgan fingerprint density at radius 2 is 1.50 bits per heavy atom. The van der Waals surface area contributed by atoms with Crippen LogP contribution in [0, 0.1) is 0 Å². The van der Waals surface area contributed by atoms with E-state index < -0.39 is 0 Å². The van der Waals surface area contributed by atoms with Gasteiger partial charge in [0.2, 0.25) is 0 Å². The molecule has 0 fully saturated rings. The van der Waals surface area contributed by atoms with E-state index in [4.69, 9.17) is 7.85 Å². The molecule has 0 saturated carbocycles. The van der Waals surface area contributed by atoms with Gasteiger partial charge in [0.25, 0.3) is 0 Å². The van der Waals surface area contributed by atoms with Crippen molar-refractivity contribution in [2.24, 2.45) is 0 Å². The van der Waals surface area contributed by atoms with Crippen LogP contribution in [0.2, 0.25) is 0 Å². The molecule has 1 aromatic carbocycles. The number of hydrogen-bond donors (Lipinski definition) is 0. The predicted molar refractivity (Wildman–Crippen MR) is 31.8 cm³/mol. The molecule has 0 saturated heterocycles. The van der Waals surface area contributed by atoms with Crippen molar-refractivity contribution in [3.63, 3.8) is 0 Å². The van der Waals surface area contributed by atoms with Crippen LogP contribution in [0.4, 0.5) is 0 Å². The van der Waals surface area contributed by atoms with Crippen LogP contribution in [0.25, 0.3) is 0 Å². The minimum atomic E-state index is 0. The average Bonchev–Trinajstić information content (AvgIpc) is 1.69. The minimum absolute atomic E-state index is 0. The molecular weight excluding hydrogens is 89.8 g/mol. The fourth-order valence-corrected chi connectivity index (χ4v) is 0.453. The fraction of sp³-hybridized carbons (Fsp3) is 0. The van der Waals surface area contributed by atoms with E-state index in [-0.39, 0.29) is 18.9 Å². The van der Waals surface area contributed by atoms with Crippen molar-refractivity contribution in [2.75, 3.05) is 0 Å². The second-order valence-electron chi connectivity index (χ2n) is 1.41. The predicted octanol–water partition coefficient (Wildman–Crippen LogP) is -2.52. The summed E-state index contributed by atoms with van der Waals surface area (Å²) in [4.78, 5) is 0. The monoisotopic (exact) mass is 95.1 g/mol. The number of benzene rings is 1. The van der Waals surface area contributed by atoms with E-state index in [2.05, 4.69) is 0 Å². The molecule has 1 aromatic rings. The Bertz CT molecular complexity index is 138. The van der Waals surface area contributed by atoms with Crippen LogP contribution in [0.15, 0.2) is 30.3 Å². The largest absolute Gasteiger partial charge is 1.00 e. The third-order valence-electron chi connectivity index (χ3n) is 0.800. The van der Waals surface area contributed by atoms with Crippen LogP contribution >= 0.6 is 0 Å². The Balaban J connectivity index is 0.000000490. The first-order valence-corrected chi connectivity index (χ1v) is 2.20. The maximum absolute atomic E-state index is 5.36. The van der Waals surface area contributed by atoms with Crippen molar-refractivity contribution in [2.45, 2.75) is 0 Å². The SMILES string of the molecule is [B-]c1ccccc1.[Li+]. The summed E-state index contributed by atoms with van der Waals surface area (Å²) in [5.74, 6) is 0. The van der Waals surface area contributed by atoms with Crippen LogP contribution < -0.4 is 24.3 Å². The molecule has 0 aliphatic rings. The normalized spacial score (nSPS) is 7.62. The molecular formula is C6H5BLi. The van der Waals surface area contributed by atoms with Crippen molar-refractivity contribution in [3.8, 4) is 0 Å². The maximum Gasteiger partial charge on any atom is 1.00 e. The Morgan fingerprint density at radius 1 is 1.00 bits per heavy atom. The molecule has 3 radical (unpaired) electrons. The smallest absolute Gasteiger partial charge is 0.580 e. The molecule has 8 heavy (non-hydrogen) atoms. The van der Waals surface area contributed by atoms with Gasteiger partial charge in [-0.3, -0.25) is 0 Å². The fourth-order valence-electron chi connectivity index (χ4n) is 0.453. The molecule has 0 amide bonds. The second kappa shape index (κ2) is 3.83. The third-order valence-corrected chi connectivity index (χ3v) is 0.800. The van der Waals surface area contributed by atoms with Crippen LogP contribution in [0.1, 0.15) is 0 Å². The Morgan fingerprint density at radius 3 is 1.75 bits per heavy atom. The van der Waals surface area contributed by atoms with E-state index in [9.17, 15) is 0 Å². The summed E-state index contributed by atoms with van der Waals surface area (Å²) in [5.41, 5.74) is 0.822. The first kappa shape index (κ1) is 7.88. The number of hydrogen-bond acceptors (Lipinski definition) is 0. The standard InChI is InChI=1S/C6H5B.Li/c7-6-4-2-1-3-5-6;/h1-5H;/q-1;+1. The van der Waals surface area contributed by atoms with Gasteiger partial charge in [-0.1, -0.05) is 18.2 Å². The Kier molecular flexibility index (Phi) is 3.78. The molecule has 1 rings (SSSR count). The minimum Gasteiger partial charge on any atom is -0.580 e. The van der Waals surface area contributed by atoms with Crippen LogP contribution in [0.5, 0.6) is 0 Å². The van der Waals surface area contributed by atoms with Gasteiger partial charge in [-0.2, -0.15) is 0 Å². The molecule has 0 bridgehead atoms. The molecule has 2 heteroatoms.